The summed E-state index contributed by atoms with van der Waals surface area (Å²) < 4.78 is 38.7. The van der Waals surface area contributed by atoms with Gasteiger partial charge in [-0.25, -0.2) is 9.97 Å². The Morgan fingerprint density at radius 3 is 2.32 bits per heavy atom. The summed E-state index contributed by atoms with van der Waals surface area (Å²) in [6, 6.07) is 12.6. The maximum absolute atomic E-state index is 12.9. The molecule has 22 heavy (non-hydrogen) atoms. The molecule has 7 heteroatoms. The van der Waals surface area contributed by atoms with E-state index in [0.717, 1.165) is 0 Å². The van der Waals surface area contributed by atoms with E-state index >= 15 is 0 Å². The molecule has 0 spiro atoms. The van der Waals surface area contributed by atoms with E-state index in [2.05, 4.69) is 15.3 Å². The SMILES string of the molecule is Oc1ccccc1Nc1nc(C(F)(F)F)nc2ccccc12. The third-order valence-electron chi connectivity index (χ3n) is 3.01. The van der Waals surface area contributed by atoms with Gasteiger partial charge in [0, 0.05) is 5.39 Å². The summed E-state index contributed by atoms with van der Waals surface area (Å²) in [7, 11) is 0. The lowest BCUT2D eigenvalue weighted by atomic mass is 10.2. The summed E-state index contributed by atoms with van der Waals surface area (Å²) in [5.41, 5.74) is 0.433. The Hall–Kier alpha value is -2.83. The van der Waals surface area contributed by atoms with Crippen LogP contribution in [0.2, 0.25) is 0 Å². The smallest absolute Gasteiger partial charge is 0.451 e. The predicted molar refractivity (Wildman–Crippen MR) is 75.9 cm³/mol. The monoisotopic (exact) mass is 305 g/mol. The fraction of sp³-hybridized carbons (Fsp3) is 0.0667. The molecule has 1 aromatic heterocycles. The molecule has 3 aromatic rings. The van der Waals surface area contributed by atoms with Gasteiger partial charge in [-0.05, 0) is 24.3 Å². The van der Waals surface area contributed by atoms with Gasteiger partial charge >= 0.3 is 6.18 Å². The first-order valence-corrected chi connectivity index (χ1v) is 6.34. The van der Waals surface area contributed by atoms with Crippen molar-refractivity contribution in [3.63, 3.8) is 0 Å². The summed E-state index contributed by atoms with van der Waals surface area (Å²) in [5, 5.41) is 12.9. The van der Waals surface area contributed by atoms with Crippen LogP contribution in [0, 0.1) is 0 Å². The summed E-state index contributed by atoms with van der Waals surface area (Å²) in [4.78, 5) is 7.08. The van der Waals surface area contributed by atoms with Gasteiger partial charge in [-0.2, -0.15) is 13.2 Å². The van der Waals surface area contributed by atoms with Gasteiger partial charge in [-0.3, -0.25) is 0 Å². The van der Waals surface area contributed by atoms with Gasteiger partial charge in [0.25, 0.3) is 0 Å². The van der Waals surface area contributed by atoms with E-state index in [0.29, 0.717) is 5.39 Å². The highest BCUT2D eigenvalue weighted by atomic mass is 19.4. The molecule has 0 aliphatic carbocycles. The molecule has 0 aliphatic rings. The highest BCUT2D eigenvalue weighted by molar-refractivity contribution is 5.91. The van der Waals surface area contributed by atoms with E-state index in [1.165, 1.54) is 12.1 Å². The second kappa shape index (κ2) is 5.18. The van der Waals surface area contributed by atoms with Crippen LogP contribution in [0.25, 0.3) is 10.9 Å². The number of nitrogens with one attached hydrogen (secondary N) is 1. The molecule has 0 atom stereocenters. The number of nitrogens with zero attached hydrogens (tertiary/aromatic N) is 2. The minimum Gasteiger partial charge on any atom is -0.506 e. The molecule has 2 N–H and O–H groups in total. The highest BCUT2D eigenvalue weighted by Crippen LogP contribution is 2.33. The molecule has 0 aliphatic heterocycles. The third kappa shape index (κ3) is 2.65. The number of rotatable bonds is 2. The number of anilines is 2. The van der Waals surface area contributed by atoms with Crippen molar-refractivity contribution in [1.82, 2.24) is 9.97 Å². The lowest BCUT2D eigenvalue weighted by Crippen LogP contribution is -2.12. The van der Waals surface area contributed by atoms with Crippen molar-refractivity contribution < 1.29 is 18.3 Å². The number of hydrogen-bond acceptors (Lipinski definition) is 4. The molecule has 0 fully saturated rings. The topological polar surface area (TPSA) is 58.0 Å². The molecule has 112 valence electrons. The molecular weight excluding hydrogens is 295 g/mol. The Bertz CT molecular complexity index is 834. The van der Waals surface area contributed by atoms with Crippen LogP contribution < -0.4 is 5.32 Å². The molecule has 2 aromatic carbocycles. The molecule has 0 saturated heterocycles. The summed E-state index contributed by atoms with van der Waals surface area (Å²) in [6.45, 7) is 0. The minimum absolute atomic E-state index is 0.0144. The highest BCUT2D eigenvalue weighted by Gasteiger charge is 2.35. The van der Waals surface area contributed by atoms with Crippen molar-refractivity contribution in [3.05, 3.63) is 54.4 Å². The number of phenols is 1. The normalized spacial score (nSPS) is 11.6. The van der Waals surface area contributed by atoms with E-state index in [-0.39, 0.29) is 22.8 Å². The standard InChI is InChI=1S/C15H10F3N3O/c16-15(17,18)14-20-10-6-2-1-5-9(10)13(21-14)19-11-7-3-4-8-12(11)22/h1-8,22H,(H,19,20,21). The zero-order valence-corrected chi connectivity index (χ0v) is 11.1. The van der Waals surface area contributed by atoms with Crippen LogP contribution in [0.3, 0.4) is 0 Å². The summed E-state index contributed by atoms with van der Waals surface area (Å²) in [5.74, 6) is -1.33. The van der Waals surface area contributed by atoms with Crippen molar-refractivity contribution in [2.24, 2.45) is 0 Å². The second-order valence-electron chi connectivity index (χ2n) is 4.55. The number of alkyl halides is 3. The van der Waals surface area contributed by atoms with Crippen LogP contribution in [0.4, 0.5) is 24.7 Å². The first-order chi connectivity index (χ1) is 10.4. The van der Waals surface area contributed by atoms with Crippen molar-refractivity contribution in [1.29, 1.82) is 0 Å². The van der Waals surface area contributed by atoms with E-state index in [4.69, 9.17) is 0 Å². The quantitative estimate of drug-likeness (QED) is 0.700. The molecule has 0 unspecified atom stereocenters. The van der Waals surface area contributed by atoms with Gasteiger partial charge in [-0.1, -0.05) is 24.3 Å². The average molecular weight is 305 g/mol. The number of halogens is 3. The van der Waals surface area contributed by atoms with Crippen molar-refractivity contribution in [2.45, 2.75) is 6.18 Å². The van der Waals surface area contributed by atoms with E-state index in [9.17, 15) is 18.3 Å². The van der Waals surface area contributed by atoms with Gasteiger partial charge in [0.05, 0.1) is 11.2 Å². The van der Waals surface area contributed by atoms with E-state index in [1.54, 1.807) is 36.4 Å². The van der Waals surface area contributed by atoms with Crippen LogP contribution in [0.15, 0.2) is 48.5 Å². The van der Waals surface area contributed by atoms with Crippen LogP contribution in [0.1, 0.15) is 5.82 Å². The molecule has 0 saturated carbocycles. The van der Waals surface area contributed by atoms with E-state index in [1.807, 2.05) is 0 Å². The first-order valence-electron chi connectivity index (χ1n) is 6.34. The van der Waals surface area contributed by atoms with Gasteiger partial charge in [0.2, 0.25) is 5.82 Å². The van der Waals surface area contributed by atoms with Crippen LogP contribution >= 0.6 is 0 Å². The Kier molecular flexibility index (Phi) is 3.32. The fourth-order valence-corrected chi connectivity index (χ4v) is 2.01. The average Bonchev–Trinajstić information content (AvgIpc) is 2.48. The predicted octanol–water partition coefficient (Wildman–Crippen LogP) is 4.10. The Morgan fingerprint density at radius 1 is 0.909 bits per heavy atom. The van der Waals surface area contributed by atoms with E-state index < -0.39 is 12.0 Å². The van der Waals surface area contributed by atoms with Crippen molar-refractivity contribution in [2.75, 3.05) is 5.32 Å². The Balaban J connectivity index is 2.17. The third-order valence-corrected chi connectivity index (χ3v) is 3.01. The van der Waals surface area contributed by atoms with Gasteiger partial charge in [-0.15, -0.1) is 0 Å². The maximum Gasteiger partial charge on any atom is 0.451 e. The Labute approximate surface area is 123 Å². The van der Waals surface area contributed by atoms with Crippen LogP contribution in [-0.4, -0.2) is 15.1 Å². The van der Waals surface area contributed by atoms with Crippen molar-refractivity contribution >= 4 is 22.4 Å². The van der Waals surface area contributed by atoms with Crippen LogP contribution in [0.5, 0.6) is 5.75 Å². The molecule has 0 radical (unpaired) electrons. The number of hydrogen-bond donors (Lipinski definition) is 2. The second-order valence-corrected chi connectivity index (χ2v) is 4.55. The number of fused-ring (bicyclic) bond motifs is 1. The lowest BCUT2D eigenvalue weighted by Gasteiger charge is -2.13. The van der Waals surface area contributed by atoms with Crippen molar-refractivity contribution in [3.8, 4) is 5.75 Å². The number of phenolic OH excluding ortho intramolecular Hbond substituents is 1. The molecular formula is C15H10F3N3O. The molecule has 4 nitrogen and oxygen atoms in total. The van der Waals surface area contributed by atoms with Crippen LogP contribution in [-0.2, 0) is 6.18 Å². The Morgan fingerprint density at radius 2 is 1.59 bits per heavy atom. The molecule has 0 bridgehead atoms. The van der Waals surface area contributed by atoms with Gasteiger partial charge < -0.3 is 10.4 Å². The zero-order chi connectivity index (χ0) is 15.7. The zero-order valence-electron chi connectivity index (χ0n) is 11.1. The van der Waals surface area contributed by atoms with Gasteiger partial charge in [0.1, 0.15) is 11.6 Å². The summed E-state index contributed by atoms with van der Waals surface area (Å²) >= 11 is 0. The largest absolute Gasteiger partial charge is 0.506 e. The fourth-order valence-electron chi connectivity index (χ4n) is 2.01. The summed E-state index contributed by atoms with van der Waals surface area (Å²) in [6.07, 6.45) is -4.65. The molecule has 3 rings (SSSR count). The number of para-hydroxylation sites is 3. The minimum atomic E-state index is -4.65. The van der Waals surface area contributed by atoms with Gasteiger partial charge in [0.15, 0.2) is 0 Å². The lowest BCUT2D eigenvalue weighted by molar-refractivity contribution is -0.144. The first kappa shape index (κ1) is 14.1. The number of benzene rings is 2. The number of aromatic nitrogens is 2. The maximum atomic E-state index is 12.9. The molecule has 1 heterocycles. The number of aromatic hydroxyl groups is 1. The molecule has 0 amide bonds.